The predicted octanol–water partition coefficient (Wildman–Crippen LogP) is 2.72. The SMILES string of the molecule is COc1ccc2nc(N3CC(C)(C)OC4(CCOC4)C3)c(C)nc2c1. The van der Waals surface area contributed by atoms with Crippen LogP contribution < -0.4 is 9.64 Å². The molecule has 2 aliphatic heterocycles. The fraction of sp³-hybridized carbons (Fsp3) is 0.579. The third-order valence-electron chi connectivity index (χ3n) is 4.93. The second-order valence-corrected chi connectivity index (χ2v) is 7.69. The molecule has 134 valence electrons. The molecule has 1 spiro atoms. The number of rotatable bonds is 2. The van der Waals surface area contributed by atoms with Gasteiger partial charge in [0.1, 0.15) is 11.4 Å². The van der Waals surface area contributed by atoms with E-state index < -0.39 is 0 Å². The van der Waals surface area contributed by atoms with E-state index in [9.17, 15) is 0 Å². The van der Waals surface area contributed by atoms with Crippen LogP contribution in [0.25, 0.3) is 11.0 Å². The highest BCUT2D eigenvalue weighted by molar-refractivity contribution is 5.78. The second kappa shape index (κ2) is 5.81. The molecule has 6 heteroatoms. The summed E-state index contributed by atoms with van der Waals surface area (Å²) in [7, 11) is 1.66. The van der Waals surface area contributed by atoms with Crippen molar-refractivity contribution in [2.24, 2.45) is 0 Å². The summed E-state index contributed by atoms with van der Waals surface area (Å²) in [4.78, 5) is 12.0. The average Bonchev–Trinajstić information content (AvgIpc) is 2.99. The maximum atomic E-state index is 6.40. The van der Waals surface area contributed by atoms with Gasteiger partial charge in [0.05, 0.1) is 42.6 Å². The van der Waals surface area contributed by atoms with E-state index in [1.54, 1.807) is 7.11 Å². The quantitative estimate of drug-likeness (QED) is 0.836. The van der Waals surface area contributed by atoms with Crippen molar-refractivity contribution in [3.63, 3.8) is 0 Å². The summed E-state index contributed by atoms with van der Waals surface area (Å²) in [5.41, 5.74) is 2.15. The first-order chi connectivity index (χ1) is 11.9. The van der Waals surface area contributed by atoms with Crippen molar-refractivity contribution in [1.82, 2.24) is 9.97 Å². The third-order valence-corrected chi connectivity index (χ3v) is 4.93. The van der Waals surface area contributed by atoms with Crippen LogP contribution in [0.4, 0.5) is 5.82 Å². The highest BCUT2D eigenvalue weighted by Gasteiger charge is 2.47. The van der Waals surface area contributed by atoms with Crippen molar-refractivity contribution in [3.8, 4) is 5.75 Å². The van der Waals surface area contributed by atoms with E-state index in [1.807, 2.05) is 25.1 Å². The number of methoxy groups -OCH3 is 1. The number of nitrogens with zero attached hydrogens (tertiary/aromatic N) is 3. The number of aryl methyl sites for hydroxylation is 1. The minimum Gasteiger partial charge on any atom is -0.497 e. The van der Waals surface area contributed by atoms with Crippen molar-refractivity contribution in [2.45, 2.75) is 38.4 Å². The minimum atomic E-state index is -0.255. The van der Waals surface area contributed by atoms with Gasteiger partial charge in [0, 0.05) is 25.6 Å². The van der Waals surface area contributed by atoms with Crippen LogP contribution in [-0.2, 0) is 9.47 Å². The van der Waals surface area contributed by atoms with Crippen LogP contribution in [0.15, 0.2) is 18.2 Å². The Morgan fingerprint density at radius 1 is 1.16 bits per heavy atom. The summed E-state index contributed by atoms with van der Waals surface area (Å²) in [5.74, 6) is 1.73. The van der Waals surface area contributed by atoms with Gasteiger partial charge in [-0.3, -0.25) is 0 Å². The second-order valence-electron chi connectivity index (χ2n) is 7.69. The molecular weight excluding hydrogens is 318 g/mol. The van der Waals surface area contributed by atoms with Crippen molar-refractivity contribution in [2.75, 3.05) is 38.3 Å². The average molecular weight is 343 g/mol. The van der Waals surface area contributed by atoms with Gasteiger partial charge in [-0.2, -0.15) is 0 Å². The molecule has 0 amide bonds. The van der Waals surface area contributed by atoms with Crippen molar-refractivity contribution >= 4 is 16.9 Å². The van der Waals surface area contributed by atoms with Gasteiger partial charge in [0.25, 0.3) is 0 Å². The van der Waals surface area contributed by atoms with Crippen LogP contribution in [-0.4, -0.2) is 54.6 Å². The van der Waals surface area contributed by atoms with Gasteiger partial charge in [0.2, 0.25) is 0 Å². The van der Waals surface area contributed by atoms with Crippen LogP contribution in [0.5, 0.6) is 5.75 Å². The van der Waals surface area contributed by atoms with Crippen LogP contribution in [0.3, 0.4) is 0 Å². The van der Waals surface area contributed by atoms with E-state index in [0.717, 1.165) is 54.4 Å². The standard InChI is InChI=1S/C19H25N3O3/c1-13-17(21-15-6-5-14(23-4)9-16(15)20-13)22-10-18(2,3)25-19(11-22)7-8-24-12-19/h5-6,9H,7-8,10-12H2,1-4H3. The maximum absolute atomic E-state index is 6.40. The third kappa shape index (κ3) is 3.04. The Balaban J connectivity index is 1.73. The summed E-state index contributed by atoms with van der Waals surface area (Å²) in [6, 6.07) is 5.81. The molecule has 3 heterocycles. The Labute approximate surface area is 148 Å². The Morgan fingerprint density at radius 2 is 2.00 bits per heavy atom. The lowest BCUT2D eigenvalue weighted by Gasteiger charge is -2.48. The van der Waals surface area contributed by atoms with Crippen molar-refractivity contribution in [1.29, 1.82) is 0 Å². The first-order valence-electron chi connectivity index (χ1n) is 8.75. The van der Waals surface area contributed by atoms with Gasteiger partial charge in [-0.1, -0.05) is 0 Å². The monoisotopic (exact) mass is 343 g/mol. The number of hydrogen-bond acceptors (Lipinski definition) is 6. The number of aromatic nitrogens is 2. The van der Waals surface area contributed by atoms with Crippen LogP contribution in [0, 0.1) is 6.92 Å². The van der Waals surface area contributed by atoms with E-state index in [1.165, 1.54) is 0 Å². The van der Waals surface area contributed by atoms with Crippen LogP contribution >= 0.6 is 0 Å². The molecule has 2 aromatic rings. The molecule has 4 rings (SSSR count). The highest BCUT2D eigenvalue weighted by Crippen LogP contribution is 2.37. The molecule has 0 aliphatic carbocycles. The Morgan fingerprint density at radius 3 is 2.72 bits per heavy atom. The molecule has 0 saturated carbocycles. The zero-order chi connectivity index (χ0) is 17.7. The maximum Gasteiger partial charge on any atom is 0.151 e. The lowest BCUT2D eigenvalue weighted by molar-refractivity contribution is -0.151. The summed E-state index contributed by atoms with van der Waals surface area (Å²) < 4.78 is 17.3. The Hall–Kier alpha value is -1.92. The van der Waals surface area contributed by atoms with E-state index in [2.05, 4.69) is 18.7 Å². The molecule has 2 saturated heterocycles. The van der Waals surface area contributed by atoms with Crippen LogP contribution in [0.1, 0.15) is 26.0 Å². The number of morpholine rings is 1. The lowest BCUT2D eigenvalue weighted by Crippen LogP contribution is -2.60. The van der Waals surface area contributed by atoms with Gasteiger partial charge in [-0.15, -0.1) is 0 Å². The van der Waals surface area contributed by atoms with Gasteiger partial charge >= 0.3 is 0 Å². The molecule has 25 heavy (non-hydrogen) atoms. The van der Waals surface area contributed by atoms with Crippen molar-refractivity contribution < 1.29 is 14.2 Å². The number of benzene rings is 1. The van der Waals surface area contributed by atoms with Crippen molar-refractivity contribution in [3.05, 3.63) is 23.9 Å². The molecule has 1 aromatic carbocycles. The number of hydrogen-bond donors (Lipinski definition) is 0. The molecule has 2 aliphatic rings. The topological polar surface area (TPSA) is 56.7 Å². The van der Waals surface area contributed by atoms with E-state index in [-0.39, 0.29) is 11.2 Å². The number of anilines is 1. The van der Waals surface area contributed by atoms with Gasteiger partial charge in [0.15, 0.2) is 5.82 Å². The minimum absolute atomic E-state index is 0.245. The first kappa shape index (κ1) is 16.5. The largest absolute Gasteiger partial charge is 0.497 e. The van der Waals surface area contributed by atoms with Crippen LogP contribution in [0.2, 0.25) is 0 Å². The normalized spacial score (nSPS) is 25.7. The zero-order valence-corrected chi connectivity index (χ0v) is 15.3. The summed E-state index contributed by atoms with van der Waals surface area (Å²) in [6.07, 6.45) is 0.921. The zero-order valence-electron chi connectivity index (χ0n) is 15.3. The van der Waals surface area contributed by atoms with E-state index in [4.69, 9.17) is 24.2 Å². The smallest absolute Gasteiger partial charge is 0.151 e. The highest BCUT2D eigenvalue weighted by atomic mass is 16.6. The first-order valence-corrected chi connectivity index (χ1v) is 8.75. The predicted molar refractivity (Wildman–Crippen MR) is 96.4 cm³/mol. The molecule has 0 radical (unpaired) electrons. The molecule has 0 bridgehead atoms. The lowest BCUT2D eigenvalue weighted by atomic mass is 9.95. The fourth-order valence-electron chi connectivity index (χ4n) is 4.00. The summed E-state index contributed by atoms with van der Waals surface area (Å²) in [6.45, 7) is 9.25. The molecule has 2 fully saturated rings. The molecule has 0 N–H and O–H groups in total. The Bertz CT molecular complexity index is 800. The van der Waals surface area contributed by atoms with Gasteiger partial charge < -0.3 is 19.1 Å². The molecular formula is C19H25N3O3. The van der Waals surface area contributed by atoms with Gasteiger partial charge in [-0.25, -0.2) is 9.97 Å². The summed E-state index contributed by atoms with van der Waals surface area (Å²) >= 11 is 0. The fourth-order valence-corrected chi connectivity index (χ4v) is 4.00. The number of fused-ring (bicyclic) bond motifs is 1. The van der Waals surface area contributed by atoms with Gasteiger partial charge in [-0.05, 0) is 32.9 Å². The Kier molecular flexibility index (Phi) is 3.85. The molecule has 6 nitrogen and oxygen atoms in total. The van der Waals surface area contributed by atoms with E-state index in [0.29, 0.717) is 6.61 Å². The number of ether oxygens (including phenoxy) is 3. The van der Waals surface area contributed by atoms with E-state index >= 15 is 0 Å². The molecule has 1 unspecified atom stereocenters. The molecule has 1 aromatic heterocycles. The molecule has 1 atom stereocenters. The summed E-state index contributed by atoms with van der Waals surface area (Å²) in [5, 5.41) is 0.